The second-order valence-electron chi connectivity index (χ2n) is 5.91. The van der Waals surface area contributed by atoms with Gasteiger partial charge in [-0.2, -0.15) is 0 Å². The Bertz CT molecular complexity index is 1180. The third-order valence-electron chi connectivity index (χ3n) is 4.54. The van der Waals surface area contributed by atoms with E-state index in [2.05, 4.69) is 73.7 Å². The maximum Gasteiger partial charge on any atom is 0.138 e. The lowest BCUT2D eigenvalue weighted by Crippen LogP contribution is -1.78. The predicted octanol–water partition coefficient (Wildman–Crippen LogP) is 6.20. The summed E-state index contributed by atoms with van der Waals surface area (Å²) in [4.78, 5) is 0. The van der Waals surface area contributed by atoms with Gasteiger partial charge in [-0.05, 0) is 52.2 Å². The van der Waals surface area contributed by atoms with Crippen LogP contribution in [0.3, 0.4) is 0 Å². The first kappa shape index (κ1) is 11.8. The van der Waals surface area contributed by atoms with Gasteiger partial charge in [0.15, 0.2) is 0 Å². The largest absolute Gasteiger partial charge is 0.456 e. The number of rotatable bonds is 0. The van der Waals surface area contributed by atoms with Crippen LogP contribution < -0.4 is 0 Å². The van der Waals surface area contributed by atoms with Gasteiger partial charge in [0.05, 0.1) is 0 Å². The van der Waals surface area contributed by atoms with Crippen LogP contribution in [0, 0.1) is 6.92 Å². The molecule has 0 aliphatic carbocycles. The molecule has 0 saturated carbocycles. The van der Waals surface area contributed by atoms with Crippen molar-refractivity contribution in [3.05, 3.63) is 72.3 Å². The van der Waals surface area contributed by atoms with E-state index < -0.39 is 0 Å². The minimum Gasteiger partial charge on any atom is -0.456 e. The number of para-hydroxylation sites is 1. The highest BCUT2D eigenvalue weighted by Gasteiger charge is 2.12. The number of fused-ring (bicyclic) bond motifs is 6. The van der Waals surface area contributed by atoms with E-state index in [-0.39, 0.29) is 0 Å². The molecular formula is C21H14O. The molecule has 1 heterocycles. The third-order valence-corrected chi connectivity index (χ3v) is 4.54. The van der Waals surface area contributed by atoms with Gasteiger partial charge in [-0.3, -0.25) is 0 Å². The molecule has 0 unspecified atom stereocenters. The fraction of sp³-hybridized carbons (Fsp3) is 0.0476. The topological polar surface area (TPSA) is 13.1 Å². The highest BCUT2D eigenvalue weighted by Crippen LogP contribution is 2.37. The van der Waals surface area contributed by atoms with Crippen molar-refractivity contribution in [2.24, 2.45) is 0 Å². The SMILES string of the molecule is Cc1cccc2c1oc1ccc3cc4ccccc4cc3c12. The number of aryl methyl sites for hydroxylation is 1. The summed E-state index contributed by atoms with van der Waals surface area (Å²) in [6, 6.07) is 23.7. The zero-order chi connectivity index (χ0) is 14.7. The zero-order valence-electron chi connectivity index (χ0n) is 12.3. The monoisotopic (exact) mass is 282 g/mol. The fourth-order valence-corrected chi connectivity index (χ4v) is 3.45. The second kappa shape index (κ2) is 4.11. The lowest BCUT2D eigenvalue weighted by molar-refractivity contribution is 0.666. The summed E-state index contributed by atoms with van der Waals surface area (Å²) < 4.78 is 6.10. The maximum atomic E-state index is 6.10. The van der Waals surface area contributed by atoms with Crippen LogP contribution in [0.2, 0.25) is 0 Å². The molecule has 1 nitrogen and oxygen atoms in total. The molecule has 5 aromatic rings. The third kappa shape index (κ3) is 1.48. The van der Waals surface area contributed by atoms with E-state index in [1.54, 1.807) is 0 Å². The van der Waals surface area contributed by atoms with Crippen LogP contribution in [-0.2, 0) is 0 Å². The van der Waals surface area contributed by atoms with E-state index in [1.807, 2.05) is 0 Å². The molecule has 0 aliphatic rings. The smallest absolute Gasteiger partial charge is 0.138 e. The van der Waals surface area contributed by atoms with Gasteiger partial charge in [-0.1, -0.05) is 48.5 Å². The van der Waals surface area contributed by atoms with Crippen molar-refractivity contribution in [1.29, 1.82) is 0 Å². The minimum absolute atomic E-state index is 0.965. The number of benzene rings is 4. The lowest BCUT2D eigenvalue weighted by Gasteiger charge is -2.03. The molecule has 5 rings (SSSR count). The Balaban J connectivity index is 2.08. The van der Waals surface area contributed by atoms with Gasteiger partial charge in [0.1, 0.15) is 11.2 Å². The first-order valence-electron chi connectivity index (χ1n) is 7.54. The summed E-state index contributed by atoms with van der Waals surface area (Å²) >= 11 is 0. The van der Waals surface area contributed by atoms with Gasteiger partial charge in [-0.15, -0.1) is 0 Å². The first-order chi connectivity index (χ1) is 10.8. The molecule has 0 atom stereocenters. The Hall–Kier alpha value is -2.80. The molecule has 0 bridgehead atoms. The van der Waals surface area contributed by atoms with Gasteiger partial charge in [-0.25, -0.2) is 0 Å². The van der Waals surface area contributed by atoms with Crippen molar-refractivity contribution in [2.75, 3.05) is 0 Å². The summed E-state index contributed by atoms with van der Waals surface area (Å²) in [6.45, 7) is 2.10. The molecular weight excluding hydrogens is 268 g/mol. The summed E-state index contributed by atoms with van der Waals surface area (Å²) in [5.41, 5.74) is 3.15. The van der Waals surface area contributed by atoms with E-state index in [0.29, 0.717) is 0 Å². The second-order valence-corrected chi connectivity index (χ2v) is 5.91. The van der Waals surface area contributed by atoms with E-state index in [1.165, 1.54) is 37.9 Å². The molecule has 0 fully saturated rings. The van der Waals surface area contributed by atoms with Gasteiger partial charge in [0.25, 0.3) is 0 Å². The average Bonchev–Trinajstić information content (AvgIpc) is 2.93. The number of hydrogen-bond acceptors (Lipinski definition) is 1. The van der Waals surface area contributed by atoms with Crippen LogP contribution in [0.5, 0.6) is 0 Å². The highest BCUT2D eigenvalue weighted by atomic mass is 16.3. The molecule has 0 saturated heterocycles. The Morgan fingerprint density at radius 1 is 0.682 bits per heavy atom. The normalized spacial score (nSPS) is 11.9. The molecule has 0 spiro atoms. The van der Waals surface area contributed by atoms with Crippen molar-refractivity contribution >= 4 is 43.5 Å². The molecule has 0 radical (unpaired) electrons. The van der Waals surface area contributed by atoms with Crippen LogP contribution in [0.25, 0.3) is 43.5 Å². The van der Waals surface area contributed by atoms with E-state index >= 15 is 0 Å². The average molecular weight is 282 g/mol. The molecule has 0 N–H and O–H groups in total. The lowest BCUT2D eigenvalue weighted by atomic mass is 9.99. The number of hydrogen-bond donors (Lipinski definition) is 0. The van der Waals surface area contributed by atoms with E-state index in [4.69, 9.17) is 4.42 Å². The van der Waals surface area contributed by atoms with Crippen LogP contribution in [-0.4, -0.2) is 0 Å². The fourth-order valence-electron chi connectivity index (χ4n) is 3.45. The van der Waals surface area contributed by atoms with Gasteiger partial charge in [0, 0.05) is 10.8 Å². The molecule has 104 valence electrons. The molecule has 1 aromatic heterocycles. The highest BCUT2D eigenvalue weighted by molar-refractivity contribution is 6.21. The van der Waals surface area contributed by atoms with Crippen LogP contribution in [0.1, 0.15) is 5.56 Å². The zero-order valence-corrected chi connectivity index (χ0v) is 12.3. The van der Waals surface area contributed by atoms with Crippen molar-refractivity contribution < 1.29 is 4.42 Å². The Labute approximate surface area is 127 Å². The molecule has 0 aliphatic heterocycles. The summed E-state index contributed by atoms with van der Waals surface area (Å²) in [5, 5.41) is 7.50. The Kier molecular flexibility index (Phi) is 2.21. The van der Waals surface area contributed by atoms with E-state index in [9.17, 15) is 0 Å². The maximum absolute atomic E-state index is 6.10. The quantitative estimate of drug-likeness (QED) is 0.308. The summed E-state index contributed by atoms with van der Waals surface area (Å²) in [7, 11) is 0. The molecule has 4 aromatic carbocycles. The van der Waals surface area contributed by atoms with Crippen LogP contribution in [0.4, 0.5) is 0 Å². The minimum atomic E-state index is 0.965. The molecule has 0 amide bonds. The summed E-state index contributed by atoms with van der Waals surface area (Å²) in [5.74, 6) is 0. The van der Waals surface area contributed by atoms with Gasteiger partial charge < -0.3 is 4.42 Å². The molecule has 22 heavy (non-hydrogen) atoms. The van der Waals surface area contributed by atoms with Gasteiger partial charge >= 0.3 is 0 Å². The van der Waals surface area contributed by atoms with Gasteiger partial charge in [0.2, 0.25) is 0 Å². The number of furan rings is 1. The Morgan fingerprint density at radius 3 is 2.36 bits per heavy atom. The van der Waals surface area contributed by atoms with Crippen molar-refractivity contribution in [2.45, 2.75) is 6.92 Å². The van der Waals surface area contributed by atoms with Crippen LogP contribution >= 0.6 is 0 Å². The van der Waals surface area contributed by atoms with Crippen molar-refractivity contribution in [1.82, 2.24) is 0 Å². The van der Waals surface area contributed by atoms with Crippen molar-refractivity contribution in [3.8, 4) is 0 Å². The van der Waals surface area contributed by atoms with E-state index in [0.717, 1.165) is 11.2 Å². The standard InChI is InChI=1S/C21H14O/c1-13-5-4-8-17-20-18-12-15-7-3-2-6-14(15)11-16(18)9-10-19(20)22-21(13)17/h2-12H,1H3. The summed E-state index contributed by atoms with van der Waals surface area (Å²) in [6.07, 6.45) is 0. The first-order valence-corrected chi connectivity index (χ1v) is 7.54. The molecule has 1 heteroatoms. The van der Waals surface area contributed by atoms with Crippen molar-refractivity contribution in [3.63, 3.8) is 0 Å². The van der Waals surface area contributed by atoms with Crippen LogP contribution in [0.15, 0.2) is 71.1 Å². The Morgan fingerprint density at radius 2 is 1.50 bits per heavy atom. The predicted molar refractivity (Wildman–Crippen MR) is 93.5 cm³/mol.